The molecule has 5 N–H and O–H groups in total. The number of rotatable bonds is 4. The minimum atomic E-state index is -1.43. The van der Waals surface area contributed by atoms with Gasteiger partial charge in [0.25, 0.3) is 5.91 Å². The van der Waals surface area contributed by atoms with Gasteiger partial charge in [-0.3, -0.25) is 9.36 Å². The number of hydrogen-bond acceptors (Lipinski definition) is 10. The van der Waals surface area contributed by atoms with Crippen molar-refractivity contribution in [3.8, 4) is 11.8 Å². The molecule has 0 aromatic carbocycles. The van der Waals surface area contributed by atoms with Crippen LogP contribution in [0.15, 0.2) is 6.33 Å². The van der Waals surface area contributed by atoms with Crippen LogP contribution in [0.4, 0.5) is 10.6 Å². The number of nitrogens with one attached hydrogen (secondary N) is 1. The quantitative estimate of drug-likeness (QED) is 0.409. The Morgan fingerprint density at radius 2 is 1.95 bits per heavy atom. The van der Waals surface area contributed by atoms with Crippen molar-refractivity contribution in [2.45, 2.75) is 77.1 Å². The number of hydrogen-bond donors (Lipinski definition) is 4. The van der Waals surface area contributed by atoms with Gasteiger partial charge in [-0.15, -0.1) is 0 Å². The van der Waals surface area contributed by atoms with Crippen molar-refractivity contribution in [2.24, 2.45) is 5.92 Å². The normalized spacial score (nSPS) is 24.2. The van der Waals surface area contributed by atoms with Gasteiger partial charge in [0.05, 0.1) is 6.33 Å². The Morgan fingerprint density at radius 3 is 2.61 bits per heavy atom. The van der Waals surface area contributed by atoms with Gasteiger partial charge in [-0.2, -0.15) is 0 Å². The highest BCUT2D eigenvalue weighted by molar-refractivity contribution is 5.83. The summed E-state index contributed by atoms with van der Waals surface area (Å²) in [5.74, 6) is 6.14. The highest BCUT2D eigenvalue weighted by Crippen LogP contribution is 2.32. The van der Waals surface area contributed by atoms with Gasteiger partial charge in [-0.05, 0) is 52.4 Å². The molecule has 0 radical (unpaired) electrons. The summed E-state index contributed by atoms with van der Waals surface area (Å²) in [6.07, 6.45) is -1.86. The standard InChI is InChI=1S/C25H35N7O6/c1-5-27-22(35)19-17(33)18(34)23(37-19)32-13-28-16-20(26)29-15(30-21(16)32)8-6-7-14-9-11-31(12-10-14)24(36)38-25(2,3)4/h13-14,17-19,23,33-34H,5,7,9-12H2,1-4H3,(H,27,35)(H2,26,29,30)/t17?,18-,19-,23+/m0/s1. The molecular weight excluding hydrogens is 494 g/mol. The minimum Gasteiger partial charge on any atom is -0.444 e. The van der Waals surface area contributed by atoms with Crippen LogP contribution in [-0.2, 0) is 14.3 Å². The number of anilines is 1. The van der Waals surface area contributed by atoms with Crippen molar-refractivity contribution >= 4 is 29.0 Å². The zero-order valence-corrected chi connectivity index (χ0v) is 22.0. The van der Waals surface area contributed by atoms with E-state index < -0.39 is 36.0 Å². The van der Waals surface area contributed by atoms with Crippen LogP contribution in [0.5, 0.6) is 0 Å². The SMILES string of the molecule is CCNC(=O)[C@H]1O[C@@H](n2cnc3c(N)nc(C#CCC4CCN(C(=O)OC(C)(C)C)CC4)nc32)[C@@H](O)C1O. The number of nitrogen functional groups attached to an aromatic ring is 1. The number of carbonyl (C=O) groups is 2. The number of amides is 2. The number of likely N-dealkylation sites (tertiary alicyclic amines) is 1. The van der Waals surface area contributed by atoms with E-state index in [4.69, 9.17) is 15.2 Å². The average molecular weight is 530 g/mol. The number of carbonyl (C=O) groups excluding carboxylic acids is 2. The molecule has 0 aliphatic carbocycles. The van der Waals surface area contributed by atoms with Crippen LogP contribution in [0.2, 0.25) is 0 Å². The van der Waals surface area contributed by atoms with Crippen molar-refractivity contribution in [2.75, 3.05) is 25.4 Å². The molecule has 38 heavy (non-hydrogen) atoms. The Morgan fingerprint density at radius 1 is 1.24 bits per heavy atom. The molecule has 4 atom stereocenters. The molecular formula is C25H35N7O6. The molecule has 206 valence electrons. The van der Waals surface area contributed by atoms with E-state index in [2.05, 4.69) is 32.1 Å². The van der Waals surface area contributed by atoms with Gasteiger partial charge in [-0.1, -0.05) is 5.92 Å². The van der Waals surface area contributed by atoms with E-state index in [9.17, 15) is 19.8 Å². The Hall–Kier alpha value is -3.47. The topological polar surface area (TPSA) is 178 Å². The molecule has 4 heterocycles. The maximum Gasteiger partial charge on any atom is 0.410 e. The van der Waals surface area contributed by atoms with Gasteiger partial charge in [0.2, 0.25) is 5.82 Å². The predicted octanol–water partition coefficient (Wildman–Crippen LogP) is 0.553. The highest BCUT2D eigenvalue weighted by atomic mass is 16.6. The third-order valence-electron chi connectivity index (χ3n) is 6.43. The van der Waals surface area contributed by atoms with E-state index >= 15 is 0 Å². The maximum absolute atomic E-state index is 12.3. The number of ether oxygens (including phenoxy) is 2. The Balaban J connectivity index is 1.43. The number of fused-ring (bicyclic) bond motifs is 1. The Labute approximate surface area is 220 Å². The van der Waals surface area contributed by atoms with E-state index in [0.717, 1.165) is 12.8 Å². The maximum atomic E-state index is 12.3. The molecule has 0 saturated carbocycles. The zero-order chi connectivity index (χ0) is 27.6. The van der Waals surface area contributed by atoms with Crippen LogP contribution in [-0.4, -0.2) is 90.2 Å². The first-order chi connectivity index (χ1) is 18.0. The van der Waals surface area contributed by atoms with Crippen LogP contribution < -0.4 is 11.1 Å². The van der Waals surface area contributed by atoms with E-state index in [-0.39, 0.29) is 28.9 Å². The molecule has 2 aliphatic heterocycles. The molecule has 13 heteroatoms. The van der Waals surface area contributed by atoms with Gasteiger partial charge in [-0.25, -0.2) is 19.7 Å². The fourth-order valence-electron chi connectivity index (χ4n) is 4.48. The van der Waals surface area contributed by atoms with Gasteiger partial charge >= 0.3 is 6.09 Å². The number of aliphatic hydroxyl groups excluding tert-OH is 2. The predicted molar refractivity (Wildman–Crippen MR) is 136 cm³/mol. The molecule has 2 fully saturated rings. The second kappa shape index (κ2) is 11.1. The van der Waals surface area contributed by atoms with Gasteiger partial charge < -0.3 is 35.6 Å². The van der Waals surface area contributed by atoms with Crippen molar-refractivity contribution < 1.29 is 29.3 Å². The third kappa shape index (κ3) is 5.98. The van der Waals surface area contributed by atoms with Gasteiger partial charge in [0, 0.05) is 26.1 Å². The molecule has 2 aliphatic rings. The third-order valence-corrected chi connectivity index (χ3v) is 6.43. The smallest absolute Gasteiger partial charge is 0.410 e. The van der Waals surface area contributed by atoms with E-state index in [1.54, 1.807) is 11.8 Å². The van der Waals surface area contributed by atoms with Crippen LogP contribution >= 0.6 is 0 Å². The van der Waals surface area contributed by atoms with Crippen molar-refractivity contribution in [3.63, 3.8) is 0 Å². The molecule has 2 saturated heterocycles. The second-order valence-electron chi connectivity index (χ2n) is 10.5. The summed E-state index contributed by atoms with van der Waals surface area (Å²) in [5, 5.41) is 23.5. The van der Waals surface area contributed by atoms with E-state index in [1.807, 2.05) is 20.8 Å². The molecule has 0 spiro atoms. The first-order valence-corrected chi connectivity index (χ1v) is 12.7. The number of nitrogens with zero attached hydrogens (tertiary/aromatic N) is 5. The lowest BCUT2D eigenvalue weighted by Gasteiger charge is -2.32. The Bertz CT molecular complexity index is 1240. The number of imidazole rings is 1. The lowest BCUT2D eigenvalue weighted by Crippen LogP contribution is -2.42. The van der Waals surface area contributed by atoms with Crippen molar-refractivity contribution in [3.05, 3.63) is 12.2 Å². The van der Waals surface area contributed by atoms with Crippen LogP contribution in [0.1, 0.15) is 59.0 Å². The summed E-state index contributed by atoms with van der Waals surface area (Å²) >= 11 is 0. The lowest BCUT2D eigenvalue weighted by molar-refractivity contribution is -0.137. The Kier molecular flexibility index (Phi) is 8.05. The summed E-state index contributed by atoms with van der Waals surface area (Å²) in [6.45, 7) is 8.87. The van der Waals surface area contributed by atoms with E-state index in [0.29, 0.717) is 32.0 Å². The number of aliphatic hydroxyl groups is 2. The van der Waals surface area contributed by atoms with Crippen LogP contribution in [0.25, 0.3) is 11.2 Å². The van der Waals surface area contributed by atoms with E-state index in [1.165, 1.54) is 10.9 Å². The molecule has 2 amide bonds. The van der Waals surface area contributed by atoms with Crippen molar-refractivity contribution in [1.82, 2.24) is 29.7 Å². The van der Waals surface area contributed by atoms with Crippen LogP contribution in [0.3, 0.4) is 0 Å². The molecule has 13 nitrogen and oxygen atoms in total. The lowest BCUT2D eigenvalue weighted by atomic mass is 9.94. The number of nitrogens with two attached hydrogens (primary N) is 1. The number of likely N-dealkylation sites (N-methyl/N-ethyl adjacent to an activating group) is 1. The van der Waals surface area contributed by atoms with Crippen molar-refractivity contribution in [1.29, 1.82) is 0 Å². The molecule has 0 bridgehead atoms. The number of piperidine rings is 1. The molecule has 1 unspecified atom stereocenters. The summed E-state index contributed by atoms with van der Waals surface area (Å²) in [5.41, 5.74) is 6.12. The average Bonchev–Trinajstić information content (AvgIpc) is 3.40. The fraction of sp³-hybridized carbons (Fsp3) is 0.640. The largest absolute Gasteiger partial charge is 0.444 e. The molecule has 4 rings (SSSR count). The number of aromatic nitrogens is 4. The first-order valence-electron chi connectivity index (χ1n) is 12.7. The van der Waals surface area contributed by atoms with Gasteiger partial charge in [0.1, 0.15) is 23.3 Å². The summed E-state index contributed by atoms with van der Waals surface area (Å²) in [7, 11) is 0. The summed E-state index contributed by atoms with van der Waals surface area (Å²) in [6, 6.07) is 0. The van der Waals surface area contributed by atoms with Crippen LogP contribution in [0, 0.1) is 17.8 Å². The zero-order valence-electron chi connectivity index (χ0n) is 22.0. The second-order valence-corrected chi connectivity index (χ2v) is 10.5. The monoisotopic (exact) mass is 529 g/mol. The molecule has 2 aromatic rings. The summed E-state index contributed by atoms with van der Waals surface area (Å²) in [4.78, 5) is 39.1. The fourth-order valence-corrected chi connectivity index (χ4v) is 4.48. The molecule has 2 aromatic heterocycles. The highest BCUT2D eigenvalue weighted by Gasteiger charge is 2.47. The first kappa shape index (κ1) is 27.6. The summed E-state index contributed by atoms with van der Waals surface area (Å²) < 4.78 is 12.5. The van der Waals surface area contributed by atoms with Gasteiger partial charge in [0.15, 0.2) is 23.8 Å². The minimum absolute atomic E-state index is 0.108.